The highest BCUT2D eigenvalue weighted by Crippen LogP contribution is 2.25. The van der Waals surface area contributed by atoms with Gasteiger partial charge in [0.05, 0.1) is 0 Å². The van der Waals surface area contributed by atoms with E-state index < -0.39 is 23.7 Å². The summed E-state index contributed by atoms with van der Waals surface area (Å²) in [5.74, 6) is -0.865. The molecular formula is C9H15NO4. The average Bonchev–Trinajstić information content (AvgIpc) is 2.06. The zero-order valence-corrected chi connectivity index (χ0v) is 8.79. The predicted octanol–water partition coefficient (Wildman–Crippen LogP) is 0.0466. The lowest BCUT2D eigenvalue weighted by Crippen LogP contribution is -2.58. The predicted molar refractivity (Wildman–Crippen MR) is 48.3 cm³/mol. The van der Waals surface area contributed by atoms with Crippen LogP contribution in [0.1, 0.15) is 20.8 Å². The Morgan fingerprint density at radius 2 is 1.93 bits per heavy atom. The van der Waals surface area contributed by atoms with Crippen LogP contribution in [0.25, 0.3) is 0 Å². The first kappa shape index (κ1) is 11.0. The first-order valence-corrected chi connectivity index (χ1v) is 4.40. The summed E-state index contributed by atoms with van der Waals surface area (Å²) in [6, 6.07) is 0. The first-order valence-electron chi connectivity index (χ1n) is 4.40. The van der Waals surface area contributed by atoms with Gasteiger partial charge in [-0.25, -0.2) is 4.79 Å². The van der Waals surface area contributed by atoms with E-state index in [9.17, 15) is 9.59 Å². The molecule has 0 aromatic carbocycles. The topological polar surface area (TPSA) is 64.6 Å². The van der Waals surface area contributed by atoms with Crippen molar-refractivity contribution < 1.29 is 19.1 Å². The number of amides is 1. The van der Waals surface area contributed by atoms with Gasteiger partial charge in [-0.05, 0) is 0 Å². The second-order valence-electron chi connectivity index (χ2n) is 4.31. The van der Waals surface area contributed by atoms with Crippen molar-refractivity contribution in [2.45, 2.75) is 33.1 Å². The third kappa shape index (κ3) is 2.04. The van der Waals surface area contributed by atoms with Crippen molar-refractivity contribution >= 4 is 11.9 Å². The number of rotatable bonds is 1. The maximum atomic E-state index is 11.5. The van der Waals surface area contributed by atoms with Crippen LogP contribution < -0.4 is 5.32 Å². The smallest absolute Gasteiger partial charge is 0.357 e. The van der Waals surface area contributed by atoms with Crippen LogP contribution >= 0.6 is 0 Å². The monoisotopic (exact) mass is 201 g/mol. The van der Waals surface area contributed by atoms with Crippen LogP contribution in [0, 0.1) is 5.41 Å². The molecule has 2 atom stereocenters. The molecule has 0 spiro atoms. The number of methoxy groups -OCH3 is 1. The molecule has 0 aliphatic carbocycles. The van der Waals surface area contributed by atoms with Gasteiger partial charge in [-0.2, -0.15) is 0 Å². The number of esters is 1. The zero-order valence-electron chi connectivity index (χ0n) is 8.79. The first-order chi connectivity index (χ1) is 6.36. The lowest BCUT2D eigenvalue weighted by molar-refractivity contribution is -0.185. The van der Waals surface area contributed by atoms with E-state index in [4.69, 9.17) is 9.47 Å². The lowest BCUT2D eigenvalue weighted by Gasteiger charge is -2.34. The molecule has 1 amide bonds. The largest absolute Gasteiger partial charge is 0.448 e. The third-order valence-corrected chi connectivity index (χ3v) is 1.98. The van der Waals surface area contributed by atoms with Crippen LogP contribution in [0.2, 0.25) is 0 Å². The van der Waals surface area contributed by atoms with Gasteiger partial charge in [0, 0.05) is 12.5 Å². The fraction of sp³-hybridized carbons (Fsp3) is 0.778. The van der Waals surface area contributed by atoms with Crippen molar-refractivity contribution in [1.29, 1.82) is 0 Å². The summed E-state index contributed by atoms with van der Waals surface area (Å²) in [6.07, 6.45) is -1.72. The number of hydrogen-bond acceptors (Lipinski definition) is 4. The normalized spacial score (nSPS) is 28.3. The highest BCUT2D eigenvalue weighted by atomic mass is 16.6. The van der Waals surface area contributed by atoms with Crippen molar-refractivity contribution in [2.24, 2.45) is 5.41 Å². The van der Waals surface area contributed by atoms with Crippen LogP contribution in [-0.2, 0) is 19.1 Å². The quantitative estimate of drug-likeness (QED) is 0.609. The number of cyclic esters (lactones) is 1. The molecule has 1 aliphatic rings. The summed E-state index contributed by atoms with van der Waals surface area (Å²) in [5, 5.41) is 2.44. The minimum absolute atomic E-state index is 0.316. The maximum Gasteiger partial charge on any atom is 0.357 e. The van der Waals surface area contributed by atoms with Gasteiger partial charge >= 0.3 is 5.97 Å². The number of ether oxygens (including phenoxy) is 2. The van der Waals surface area contributed by atoms with Crippen LogP contribution in [-0.4, -0.2) is 31.3 Å². The molecule has 1 fully saturated rings. The minimum Gasteiger partial charge on any atom is -0.448 e. The second-order valence-corrected chi connectivity index (χ2v) is 4.31. The van der Waals surface area contributed by atoms with Crippen LogP contribution in [0.4, 0.5) is 0 Å². The van der Waals surface area contributed by atoms with Crippen LogP contribution in [0.15, 0.2) is 0 Å². The Morgan fingerprint density at radius 3 is 2.36 bits per heavy atom. The van der Waals surface area contributed by atoms with Crippen molar-refractivity contribution in [1.82, 2.24) is 5.32 Å². The van der Waals surface area contributed by atoms with Gasteiger partial charge in [-0.3, -0.25) is 4.79 Å². The van der Waals surface area contributed by atoms with Gasteiger partial charge in [0.15, 0.2) is 6.10 Å². The standard InChI is InChI=1S/C9H15NO4/c1-9(2,3)5-6(11)10-7(13-4)8(12)14-5/h5,7H,1-4H3,(H,10,11)/t5-,7?/m1/s1. The van der Waals surface area contributed by atoms with E-state index >= 15 is 0 Å². The fourth-order valence-corrected chi connectivity index (χ4v) is 1.22. The highest BCUT2D eigenvalue weighted by molar-refractivity contribution is 5.92. The van der Waals surface area contributed by atoms with E-state index in [1.54, 1.807) is 0 Å². The molecular weight excluding hydrogens is 186 g/mol. The summed E-state index contributed by atoms with van der Waals surface area (Å²) in [6.45, 7) is 5.49. The summed E-state index contributed by atoms with van der Waals surface area (Å²) in [7, 11) is 1.34. The van der Waals surface area contributed by atoms with E-state index in [-0.39, 0.29) is 5.91 Å². The third-order valence-electron chi connectivity index (χ3n) is 1.98. The number of hydrogen-bond donors (Lipinski definition) is 1. The molecule has 0 bridgehead atoms. The number of morpholine rings is 1. The highest BCUT2D eigenvalue weighted by Gasteiger charge is 2.42. The molecule has 0 saturated carbocycles. The van der Waals surface area contributed by atoms with Gasteiger partial charge in [0.25, 0.3) is 5.91 Å². The molecule has 0 aromatic heterocycles. The van der Waals surface area contributed by atoms with Crippen molar-refractivity contribution in [3.63, 3.8) is 0 Å². The van der Waals surface area contributed by atoms with Gasteiger partial charge in [-0.1, -0.05) is 20.8 Å². The van der Waals surface area contributed by atoms with Crippen molar-refractivity contribution in [3.8, 4) is 0 Å². The molecule has 0 radical (unpaired) electrons. The summed E-state index contributed by atoms with van der Waals surface area (Å²) in [5.41, 5.74) is -0.404. The molecule has 14 heavy (non-hydrogen) atoms. The Balaban J connectivity index is 2.77. The molecule has 1 aliphatic heterocycles. The Hall–Kier alpha value is -1.10. The maximum absolute atomic E-state index is 11.5. The van der Waals surface area contributed by atoms with E-state index in [1.807, 2.05) is 20.8 Å². The molecule has 1 saturated heterocycles. The Morgan fingerprint density at radius 1 is 1.36 bits per heavy atom. The van der Waals surface area contributed by atoms with Crippen molar-refractivity contribution in [3.05, 3.63) is 0 Å². The van der Waals surface area contributed by atoms with Crippen LogP contribution in [0.3, 0.4) is 0 Å². The summed E-state index contributed by atoms with van der Waals surface area (Å²) in [4.78, 5) is 22.8. The summed E-state index contributed by atoms with van der Waals surface area (Å²) >= 11 is 0. The van der Waals surface area contributed by atoms with Crippen LogP contribution in [0.5, 0.6) is 0 Å². The van der Waals surface area contributed by atoms with Crippen molar-refractivity contribution in [2.75, 3.05) is 7.11 Å². The lowest BCUT2D eigenvalue weighted by atomic mass is 9.88. The Labute approximate surface area is 82.8 Å². The molecule has 80 valence electrons. The number of carbonyl (C=O) groups is 2. The molecule has 5 heteroatoms. The fourth-order valence-electron chi connectivity index (χ4n) is 1.22. The van der Waals surface area contributed by atoms with Gasteiger partial charge < -0.3 is 14.8 Å². The van der Waals surface area contributed by atoms with E-state index in [1.165, 1.54) is 7.11 Å². The zero-order chi connectivity index (χ0) is 10.9. The minimum atomic E-state index is -0.971. The van der Waals surface area contributed by atoms with Gasteiger partial charge in [0.2, 0.25) is 6.23 Å². The van der Waals surface area contributed by atoms with E-state index in [0.717, 1.165) is 0 Å². The number of nitrogens with one attached hydrogen (secondary N) is 1. The molecule has 0 aromatic rings. The molecule has 1 heterocycles. The molecule has 1 N–H and O–H groups in total. The number of carbonyl (C=O) groups excluding carboxylic acids is 2. The molecule has 1 rings (SSSR count). The Kier molecular flexibility index (Phi) is 2.80. The summed E-state index contributed by atoms with van der Waals surface area (Å²) < 4.78 is 9.72. The van der Waals surface area contributed by atoms with Gasteiger partial charge in [-0.15, -0.1) is 0 Å². The van der Waals surface area contributed by atoms with E-state index in [0.29, 0.717) is 0 Å². The van der Waals surface area contributed by atoms with E-state index in [2.05, 4.69) is 5.32 Å². The van der Waals surface area contributed by atoms with Gasteiger partial charge in [0.1, 0.15) is 0 Å². The molecule has 5 nitrogen and oxygen atoms in total. The second kappa shape index (κ2) is 3.57. The SMILES string of the molecule is COC1NC(=O)[C@H](C(C)(C)C)OC1=O. The average molecular weight is 201 g/mol. The Bertz CT molecular complexity index is 256. The molecule has 1 unspecified atom stereocenters.